The summed E-state index contributed by atoms with van der Waals surface area (Å²) in [5.74, 6) is -0.626. The highest BCUT2D eigenvalue weighted by Gasteiger charge is 2.08. The van der Waals surface area contributed by atoms with E-state index < -0.39 is 6.03 Å². The standard InChI is InChI=1S/C19H22N4O3/c1-13-6-8-14(9-7-13)11-21-19(26)22-12-17(24)23-16-5-3-4-15(10-16)18(25)20-2/h3-10H,11-12H2,1-2H3,(H,20,25)(H,23,24)(H2,21,22,26). The number of carbonyl (C=O) groups is 3. The van der Waals surface area contributed by atoms with Crippen molar-refractivity contribution in [2.45, 2.75) is 13.5 Å². The zero-order valence-electron chi connectivity index (χ0n) is 14.8. The van der Waals surface area contributed by atoms with Crippen molar-refractivity contribution in [3.8, 4) is 0 Å². The number of rotatable bonds is 6. The minimum Gasteiger partial charge on any atom is -0.355 e. The summed E-state index contributed by atoms with van der Waals surface area (Å²) >= 11 is 0. The molecule has 0 aliphatic carbocycles. The molecule has 4 amide bonds. The topological polar surface area (TPSA) is 99.3 Å². The van der Waals surface area contributed by atoms with Gasteiger partial charge < -0.3 is 21.3 Å². The number of carbonyl (C=O) groups excluding carboxylic acids is 3. The fraction of sp³-hybridized carbons (Fsp3) is 0.211. The maximum absolute atomic E-state index is 11.9. The molecule has 0 heterocycles. The van der Waals surface area contributed by atoms with Crippen molar-refractivity contribution in [2.75, 3.05) is 18.9 Å². The Hall–Kier alpha value is -3.35. The van der Waals surface area contributed by atoms with Gasteiger partial charge in [0.05, 0.1) is 6.54 Å². The molecule has 2 aromatic rings. The molecule has 0 radical (unpaired) electrons. The van der Waals surface area contributed by atoms with Crippen molar-refractivity contribution in [2.24, 2.45) is 0 Å². The SMILES string of the molecule is CNC(=O)c1cccc(NC(=O)CNC(=O)NCc2ccc(C)cc2)c1. The lowest BCUT2D eigenvalue weighted by atomic mass is 10.1. The van der Waals surface area contributed by atoms with Crippen LogP contribution in [0.3, 0.4) is 0 Å². The van der Waals surface area contributed by atoms with Crippen molar-refractivity contribution < 1.29 is 14.4 Å². The van der Waals surface area contributed by atoms with E-state index in [1.807, 2.05) is 31.2 Å². The first-order chi connectivity index (χ1) is 12.5. The molecule has 4 N–H and O–H groups in total. The monoisotopic (exact) mass is 354 g/mol. The van der Waals surface area contributed by atoms with Crippen molar-refractivity contribution >= 4 is 23.5 Å². The van der Waals surface area contributed by atoms with Gasteiger partial charge in [-0.2, -0.15) is 0 Å². The molecule has 136 valence electrons. The predicted octanol–water partition coefficient (Wildman–Crippen LogP) is 1.79. The third kappa shape index (κ3) is 5.94. The second-order valence-electron chi connectivity index (χ2n) is 5.73. The van der Waals surface area contributed by atoms with Crippen LogP contribution in [0.2, 0.25) is 0 Å². The van der Waals surface area contributed by atoms with Gasteiger partial charge in [-0.3, -0.25) is 9.59 Å². The Morgan fingerprint density at radius 3 is 2.38 bits per heavy atom. The number of urea groups is 1. The predicted molar refractivity (Wildman–Crippen MR) is 99.9 cm³/mol. The highest BCUT2D eigenvalue weighted by atomic mass is 16.2. The summed E-state index contributed by atoms with van der Waals surface area (Å²) in [6.07, 6.45) is 0. The average Bonchev–Trinajstić information content (AvgIpc) is 2.65. The van der Waals surface area contributed by atoms with Crippen molar-refractivity contribution in [1.29, 1.82) is 0 Å². The van der Waals surface area contributed by atoms with Gasteiger partial charge >= 0.3 is 6.03 Å². The Balaban J connectivity index is 1.76. The van der Waals surface area contributed by atoms with E-state index in [0.717, 1.165) is 11.1 Å². The molecule has 0 aliphatic heterocycles. The molecule has 0 fully saturated rings. The number of aryl methyl sites for hydroxylation is 1. The van der Waals surface area contributed by atoms with E-state index in [9.17, 15) is 14.4 Å². The molecule has 0 bridgehead atoms. The normalized spacial score (nSPS) is 9.92. The summed E-state index contributed by atoms with van der Waals surface area (Å²) in [6, 6.07) is 13.9. The van der Waals surface area contributed by atoms with Gasteiger partial charge in [-0.05, 0) is 30.7 Å². The minimum absolute atomic E-state index is 0.177. The van der Waals surface area contributed by atoms with E-state index in [2.05, 4.69) is 21.3 Å². The molecule has 26 heavy (non-hydrogen) atoms. The second-order valence-corrected chi connectivity index (χ2v) is 5.73. The highest BCUT2D eigenvalue weighted by molar-refractivity contribution is 5.98. The maximum atomic E-state index is 11.9. The zero-order valence-corrected chi connectivity index (χ0v) is 14.8. The van der Waals surface area contributed by atoms with Crippen LogP contribution in [0, 0.1) is 6.92 Å². The van der Waals surface area contributed by atoms with Crippen molar-refractivity contribution in [3.63, 3.8) is 0 Å². The molecule has 7 heteroatoms. The van der Waals surface area contributed by atoms with E-state index in [1.54, 1.807) is 24.3 Å². The summed E-state index contributed by atoms with van der Waals surface area (Å²) < 4.78 is 0. The van der Waals surface area contributed by atoms with Crippen LogP contribution >= 0.6 is 0 Å². The zero-order chi connectivity index (χ0) is 18.9. The molecule has 0 atom stereocenters. The first-order valence-electron chi connectivity index (χ1n) is 8.17. The lowest BCUT2D eigenvalue weighted by Crippen LogP contribution is -2.39. The van der Waals surface area contributed by atoms with Crippen LogP contribution in [0.25, 0.3) is 0 Å². The van der Waals surface area contributed by atoms with Gasteiger partial charge in [0, 0.05) is 24.8 Å². The Bertz CT molecular complexity index is 788. The van der Waals surface area contributed by atoms with E-state index >= 15 is 0 Å². The van der Waals surface area contributed by atoms with Gasteiger partial charge in [0.2, 0.25) is 5.91 Å². The molecule has 0 spiro atoms. The molecule has 7 nitrogen and oxygen atoms in total. The van der Waals surface area contributed by atoms with E-state index in [4.69, 9.17) is 0 Å². The summed E-state index contributed by atoms with van der Waals surface area (Å²) in [4.78, 5) is 35.3. The summed E-state index contributed by atoms with van der Waals surface area (Å²) in [5.41, 5.74) is 3.05. The average molecular weight is 354 g/mol. The number of amides is 4. The molecule has 0 unspecified atom stereocenters. The van der Waals surface area contributed by atoms with E-state index in [0.29, 0.717) is 17.8 Å². The lowest BCUT2D eigenvalue weighted by molar-refractivity contribution is -0.115. The van der Waals surface area contributed by atoms with E-state index in [1.165, 1.54) is 7.05 Å². The molecule has 0 saturated carbocycles. The fourth-order valence-electron chi connectivity index (χ4n) is 2.20. The van der Waals surface area contributed by atoms with Crippen molar-refractivity contribution in [1.82, 2.24) is 16.0 Å². The van der Waals surface area contributed by atoms with Crippen LogP contribution in [0.15, 0.2) is 48.5 Å². The van der Waals surface area contributed by atoms with Crippen LogP contribution in [-0.4, -0.2) is 31.4 Å². The van der Waals surface area contributed by atoms with Gasteiger partial charge in [-0.25, -0.2) is 4.79 Å². The van der Waals surface area contributed by atoms with Crippen LogP contribution in [-0.2, 0) is 11.3 Å². The number of hydrogen-bond acceptors (Lipinski definition) is 3. The van der Waals surface area contributed by atoms with Crippen molar-refractivity contribution in [3.05, 3.63) is 65.2 Å². The highest BCUT2D eigenvalue weighted by Crippen LogP contribution is 2.10. The summed E-state index contributed by atoms with van der Waals surface area (Å²) in [5, 5.41) is 10.3. The first kappa shape index (κ1) is 19.0. The van der Waals surface area contributed by atoms with Crippen LogP contribution in [0.1, 0.15) is 21.5 Å². The number of anilines is 1. The first-order valence-corrected chi connectivity index (χ1v) is 8.17. The Morgan fingerprint density at radius 1 is 0.962 bits per heavy atom. The minimum atomic E-state index is -0.431. The molecule has 0 aliphatic rings. The van der Waals surface area contributed by atoms with Gasteiger partial charge in [-0.15, -0.1) is 0 Å². The molecule has 0 saturated heterocycles. The maximum Gasteiger partial charge on any atom is 0.315 e. The summed E-state index contributed by atoms with van der Waals surface area (Å²) in [6.45, 7) is 2.19. The van der Waals surface area contributed by atoms with Crippen LogP contribution < -0.4 is 21.3 Å². The Kier molecular flexibility index (Phi) is 6.73. The molecular weight excluding hydrogens is 332 g/mol. The number of benzene rings is 2. The fourth-order valence-corrected chi connectivity index (χ4v) is 2.20. The molecular formula is C19H22N4O3. The van der Waals surface area contributed by atoms with Gasteiger partial charge in [0.15, 0.2) is 0 Å². The Labute approximate surface area is 152 Å². The third-order valence-electron chi connectivity index (χ3n) is 3.62. The van der Waals surface area contributed by atoms with Crippen LogP contribution in [0.5, 0.6) is 0 Å². The van der Waals surface area contributed by atoms with Gasteiger partial charge in [0.25, 0.3) is 5.91 Å². The smallest absolute Gasteiger partial charge is 0.315 e. The second kappa shape index (κ2) is 9.22. The number of hydrogen-bond donors (Lipinski definition) is 4. The molecule has 2 aromatic carbocycles. The van der Waals surface area contributed by atoms with Gasteiger partial charge in [0.1, 0.15) is 0 Å². The third-order valence-corrected chi connectivity index (χ3v) is 3.62. The summed E-state index contributed by atoms with van der Waals surface area (Å²) in [7, 11) is 1.53. The number of nitrogens with one attached hydrogen (secondary N) is 4. The Morgan fingerprint density at radius 2 is 1.69 bits per heavy atom. The molecule has 2 rings (SSSR count). The quantitative estimate of drug-likeness (QED) is 0.636. The molecule has 0 aromatic heterocycles. The van der Waals surface area contributed by atoms with E-state index in [-0.39, 0.29) is 18.4 Å². The van der Waals surface area contributed by atoms with Crippen LogP contribution in [0.4, 0.5) is 10.5 Å². The lowest BCUT2D eigenvalue weighted by Gasteiger charge is -2.09. The van der Waals surface area contributed by atoms with Gasteiger partial charge in [-0.1, -0.05) is 35.9 Å². The largest absolute Gasteiger partial charge is 0.355 e.